The Morgan fingerprint density at radius 1 is 1.60 bits per heavy atom. The van der Waals surface area contributed by atoms with E-state index in [4.69, 9.17) is 0 Å². The number of allylic oxidation sites excluding steroid dienone is 1. The molecule has 2 rings (SSSR count). The van der Waals surface area contributed by atoms with Gasteiger partial charge in [0.1, 0.15) is 11.4 Å². The lowest BCUT2D eigenvalue weighted by molar-refractivity contribution is -0.113. The van der Waals surface area contributed by atoms with Crippen molar-refractivity contribution >= 4 is 17.4 Å². The Morgan fingerprint density at radius 3 is 3.00 bits per heavy atom. The van der Waals surface area contributed by atoms with E-state index in [0.29, 0.717) is 11.4 Å². The number of amides is 1. The Hall–Kier alpha value is -2.04. The van der Waals surface area contributed by atoms with Gasteiger partial charge in [-0.25, -0.2) is 0 Å². The van der Waals surface area contributed by atoms with Gasteiger partial charge in [0.15, 0.2) is 5.82 Å². The zero-order valence-electron chi connectivity index (χ0n) is 8.69. The van der Waals surface area contributed by atoms with Gasteiger partial charge in [0.25, 0.3) is 5.91 Å². The highest BCUT2D eigenvalue weighted by Crippen LogP contribution is 2.32. The van der Waals surface area contributed by atoms with E-state index in [1.54, 1.807) is 22.0 Å². The predicted molar refractivity (Wildman–Crippen MR) is 58.3 cm³/mol. The van der Waals surface area contributed by atoms with Gasteiger partial charge in [0.05, 0.1) is 6.20 Å². The highest BCUT2D eigenvalue weighted by Gasteiger charge is 2.27. The number of aromatic nitrogens is 2. The first-order chi connectivity index (χ1) is 7.15. The van der Waals surface area contributed by atoms with E-state index in [1.165, 1.54) is 0 Å². The molecule has 78 valence electrons. The SMILES string of the molecule is C=C1C(=O)Nc2cnn(C)c2N1C=CC. The monoisotopic (exact) mass is 204 g/mol. The van der Waals surface area contributed by atoms with Crippen molar-refractivity contribution in [3.63, 3.8) is 0 Å². The van der Waals surface area contributed by atoms with Crippen LogP contribution in [0.3, 0.4) is 0 Å². The van der Waals surface area contributed by atoms with Gasteiger partial charge in [-0.05, 0) is 6.92 Å². The van der Waals surface area contributed by atoms with E-state index < -0.39 is 0 Å². The fraction of sp³-hybridized carbons (Fsp3) is 0.200. The molecule has 2 heterocycles. The zero-order chi connectivity index (χ0) is 11.0. The molecular weight excluding hydrogens is 192 g/mol. The van der Waals surface area contributed by atoms with Crippen LogP contribution in [0.15, 0.2) is 30.7 Å². The first kappa shape index (κ1) is 9.51. The summed E-state index contributed by atoms with van der Waals surface area (Å²) in [4.78, 5) is 13.3. The molecule has 15 heavy (non-hydrogen) atoms. The number of nitrogens with zero attached hydrogens (tertiary/aromatic N) is 3. The Labute approximate surface area is 87.7 Å². The molecule has 1 aromatic rings. The van der Waals surface area contributed by atoms with Crippen molar-refractivity contribution in [2.24, 2.45) is 7.05 Å². The summed E-state index contributed by atoms with van der Waals surface area (Å²) in [6.07, 6.45) is 5.26. The number of fused-ring (bicyclic) bond motifs is 1. The van der Waals surface area contributed by atoms with E-state index in [9.17, 15) is 4.79 Å². The number of nitrogens with one attached hydrogen (secondary N) is 1. The topological polar surface area (TPSA) is 50.2 Å². The molecule has 1 amide bonds. The molecular formula is C10H12N4O. The molecule has 0 unspecified atom stereocenters. The van der Waals surface area contributed by atoms with Crippen molar-refractivity contribution < 1.29 is 4.79 Å². The molecule has 1 aromatic heterocycles. The smallest absolute Gasteiger partial charge is 0.272 e. The molecule has 0 saturated carbocycles. The minimum absolute atomic E-state index is 0.200. The summed E-state index contributed by atoms with van der Waals surface area (Å²) in [5.41, 5.74) is 1.09. The maximum atomic E-state index is 11.5. The standard InChI is InChI=1S/C10H12N4O/c1-4-5-14-7(2)9(15)12-8-6-11-13(3)10(8)14/h4-6H,2H2,1,3H3,(H,12,15). The number of carbonyl (C=O) groups excluding carboxylic acids is 1. The third-order valence-electron chi connectivity index (χ3n) is 2.23. The highest BCUT2D eigenvalue weighted by molar-refractivity contribution is 6.11. The van der Waals surface area contributed by atoms with Crippen LogP contribution in [0, 0.1) is 0 Å². The first-order valence-electron chi connectivity index (χ1n) is 4.59. The summed E-state index contributed by atoms with van der Waals surface area (Å²) < 4.78 is 1.69. The Balaban J connectivity index is 2.57. The summed E-state index contributed by atoms with van der Waals surface area (Å²) in [5.74, 6) is 0.617. The Bertz CT molecular complexity index is 458. The zero-order valence-corrected chi connectivity index (χ0v) is 8.69. The van der Waals surface area contributed by atoms with Gasteiger partial charge < -0.3 is 5.32 Å². The third-order valence-corrected chi connectivity index (χ3v) is 2.23. The Morgan fingerprint density at radius 2 is 2.33 bits per heavy atom. The quantitative estimate of drug-likeness (QED) is 0.700. The van der Waals surface area contributed by atoms with Gasteiger partial charge in [0, 0.05) is 13.2 Å². The normalized spacial score (nSPS) is 15.7. The fourth-order valence-corrected chi connectivity index (χ4v) is 1.55. The van der Waals surface area contributed by atoms with E-state index in [1.807, 2.05) is 20.0 Å². The first-order valence-corrected chi connectivity index (χ1v) is 4.59. The van der Waals surface area contributed by atoms with Gasteiger partial charge in [0.2, 0.25) is 0 Å². The molecule has 0 aliphatic carbocycles. The summed E-state index contributed by atoms with van der Waals surface area (Å²) >= 11 is 0. The summed E-state index contributed by atoms with van der Waals surface area (Å²) in [5, 5.41) is 6.81. The van der Waals surface area contributed by atoms with Crippen LogP contribution >= 0.6 is 0 Å². The van der Waals surface area contributed by atoms with Gasteiger partial charge in [-0.3, -0.25) is 14.4 Å². The summed E-state index contributed by atoms with van der Waals surface area (Å²) in [6.45, 7) is 5.62. The lowest BCUT2D eigenvalue weighted by Gasteiger charge is -2.27. The molecule has 0 aromatic carbocycles. The van der Waals surface area contributed by atoms with Crippen molar-refractivity contribution in [1.29, 1.82) is 0 Å². The number of rotatable bonds is 1. The van der Waals surface area contributed by atoms with Crippen LogP contribution in [-0.4, -0.2) is 15.7 Å². The third kappa shape index (κ3) is 1.32. The lowest BCUT2D eigenvalue weighted by atomic mass is 10.3. The Kier molecular flexibility index (Phi) is 2.07. The highest BCUT2D eigenvalue weighted by atomic mass is 16.2. The second kappa shape index (κ2) is 3.27. The van der Waals surface area contributed by atoms with Crippen molar-refractivity contribution in [1.82, 2.24) is 9.78 Å². The molecule has 0 fully saturated rings. The maximum absolute atomic E-state index is 11.5. The second-order valence-electron chi connectivity index (χ2n) is 3.26. The summed E-state index contributed by atoms with van der Waals surface area (Å²) in [6, 6.07) is 0. The number of hydrogen-bond acceptors (Lipinski definition) is 3. The molecule has 0 atom stereocenters. The minimum Gasteiger partial charge on any atom is -0.316 e. The van der Waals surface area contributed by atoms with Crippen molar-refractivity contribution in [3.05, 3.63) is 30.7 Å². The molecule has 0 spiro atoms. The average molecular weight is 204 g/mol. The minimum atomic E-state index is -0.200. The molecule has 1 aliphatic rings. The van der Waals surface area contributed by atoms with Crippen LogP contribution in [0.1, 0.15) is 6.92 Å². The molecule has 0 bridgehead atoms. The van der Waals surface area contributed by atoms with Crippen LogP contribution in [0.25, 0.3) is 0 Å². The van der Waals surface area contributed by atoms with E-state index in [-0.39, 0.29) is 5.91 Å². The van der Waals surface area contributed by atoms with Gasteiger partial charge >= 0.3 is 0 Å². The van der Waals surface area contributed by atoms with Crippen LogP contribution in [0.2, 0.25) is 0 Å². The largest absolute Gasteiger partial charge is 0.316 e. The lowest BCUT2D eigenvalue weighted by Crippen LogP contribution is -2.32. The number of anilines is 2. The van der Waals surface area contributed by atoms with Gasteiger partial charge in [-0.2, -0.15) is 5.10 Å². The average Bonchev–Trinajstić information content (AvgIpc) is 2.55. The molecule has 1 N–H and O–H groups in total. The van der Waals surface area contributed by atoms with E-state index in [0.717, 1.165) is 5.82 Å². The van der Waals surface area contributed by atoms with Crippen molar-refractivity contribution in [2.75, 3.05) is 10.2 Å². The predicted octanol–water partition coefficient (Wildman–Crippen LogP) is 1.23. The van der Waals surface area contributed by atoms with Crippen molar-refractivity contribution in [3.8, 4) is 0 Å². The van der Waals surface area contributed by atoms with E-state index >= 15 is 0 Å². The number of hydrogen-bond donors (Lipinski definition) is 1. The molecule has 0 saturated heterocycles. The fourth-order valence-electron chi connectivity index (χ4n) is 1.55. The van der Waals surface area contributed by atoms with Crippen LogP contribution in [0.5, 0.6) is 0 Å². The molecule has 1 aliphatic heterocycles. The summed E-state index contributed by atoms with van der Waals surface area (Å²) in [7, 11) is 1.82. The van der Waals surface area contributed by atoms with Crippen LogP contribution in [0.4, 0.5) is 11.5 Å². The van der Waals surface area contributed by atoms with Crippen molar-refractivity contribution in [2.45, 2.75) is 6.92 Å². The molecule has 5 heteroatoms. The number of carbonyl (C=O) groups is 1. The second-order valence-corrected chi connectivity index (χ2v) is 3.26. The van der Waals surface area contributed by atoms with Gasteiger partial charge in [-0.15, -0.1) is 0 Å². The maximum Gasteiger partial charge on any atom is 0.272 e. The number of aryl methyl sites for hydroxylation is 1. The van der Waals surface area contributed by atoms with Crippen LogP contribution in [-0.2, 0) is 11.8 Å². The van der Waals surface area contributed by atoms with Crippen LogP contribution < -0.4 is 10.2 Å². The van der Waals surface area contributed by atoms with Gasteiger partial charge in [-0.1, -0.05) is 12.7 Å². The molecule has 0 radical (unpaired) electrons. The van der Waals surface area contributed by atoms with E-state index in [2.05, 4.69) is 17.0 Å². The molecule has 5 nitrogen and oxygen atoms in total.